The van der Waals surface area contributed by atoms with Gasteiger partial charge in [-0.1, -0.05) is 50.3 Å². The Morgan fingerprint density at radius 2 is 1.77 bits per heavy atom. The third-order valence-electron chi connectivity index (χ3n) is 12.4. The number of esters is 1. The number of aliphatic hydroxyl groups excluding tert-OH is 1. The number of carbonyl (C=O) groups excluding carboxylic acids is 2. The molecule has 0 heterocycles. The van der Waals surface area contributed by atoms with E-state index in [-0.39, 0.29) is 24.7 Å². The van der Waals surface area contributed by atoms with E-state index >= 15 is 0 Å². The van der Waals surface area contributed by atoms with Crippen molar-refractivity contribution >= 4 is 40.6 Å². The Balaban J connectivity index is 1.21. The fraction of sp³-hybridized carbons (Fsp3) is 0.632. The van der Waals surface area contributed by atoms with Gasteiger partial charge in [0.15, 0.2) is 6.61 Å². The van der Waals surface area contributed by atoms with E-state index in [1.807, 2.05) is 37.3 Å². The molecule has 0 amide bonds. The number of ether oxygens (including phenoxy) is 1. The molecule has 258 valence electrons. The SMILES string of the molecule is C=C1C=CC2(C)C(=C1C)CCC1(N)C2C(O)CCC2(C)[C@@H]1CC[C@@]2(O)C(=O)COC(=O)CCCc1ccc(N(CCCl)CCCl)cc1. The van der Waals surface area contributed by atoms with Crippen LogP contribution < -0.4 is 10.6 Å². The zero-order chi connectivity index (χ0) is 34.2. The topological polar surface area (TPSA) is 113 Å². The van der Waals surface area contributed by atoms with Gasteiger partial charge in [0.2, 0.25) is 5.78 Å². The number of allylic oxidation sites excluding steroid dienone is 5. The van der Waals surface area contributed by atoms with Gasteiger partial charge in [-0.2, -0.15) is 0 Å². The van der Waals surface area contributed by atoms with Crippen LogP contribution in [0.2, 0.25) is 0 Å². The lowest BCUT2D eigenvalue weighted by Gasteiger charge is -2.58. The van der Waals surface area contributed by atoms with Crippen molar-refractivity contribution < 1.29 is 24.5 Å². The minimum absolute atomic E-state index is 0.172. The van der Waals surface area contributed by atoms with E-state index in [0.717, 1.165) is 23.2 Å². The lowest BCUT2D eigenvalue weighted by atomic mass is 9.49. The van der Waals surface area contributed by atoms with Crippen LogP contribution in [0, 0.1) is 22.7 Å². The lowest BCUT2D eigenvalue weighted by molar-refractivity contribution is -0.164. The maximum absolute atomic E-state index is 13.8. The van der Waals surface area contributed by atoms with Crippen molar-refractivity contribution in [2.24, 2.45) is 28.4 Å². The zero-order valence-electron chi connectivity index (χ0n) is 28.2. The maximum atomic E-state index is 13.8. The third kappa shape index (κ3) is 6.36. The Labute approximate surface area is 290 Å². The molecule has 0 spiro atoms. The number of alkyl halides is 2. The molecule has 3 fully saturated rings. The highest BCUT2D eigenvalue weighted by Gasteiger charge is 2.70. The molecule has 47 heavy (non-hydrogen) atoms. The van der Waals surface area contributed by atoms with Gasteiger partial charge in [0.25, 0.3) is 0 Å². The van der Waals surface area contributed by atoms with Crippen LogP contribution in [0.3, 0.4) is 0 Å². The van der Waals surface area contributed by atoms with E-state index in [4.69, 9.17) is 33.7 Å². The van der Waals surface area contributed by atoms with Crippen LogP contribution in [-0.2, 0) is 20.7 Å². The third-order valence-corrected chi connectivity index (χ3v) is 12.8. The molecule has 0 bridgehead atoms. The number of hydrogen-bond donors (Lipinski definition) is 3. The zero-order valence-corrected chi connectivity index (χ0v) is 29.7. The number of anilines is 1. The van der Waals surface area contributed by atoms with Gasteiger partial charge < -0.3 is 25.6 Å². The summed E-state index contributed by atoms with van der Waals surface area (Å²) in [7, 11) is 0. The highest BCUT2D eigenvalue weighted by molar-refractivity contribution is 6.18. The normalized spacial score (nSPS) is 34.7. The molecule has 9 heteroatoms. The van der Waals surface area contributed by atoms with Gasteiger partial charge >= 0.3 is 5.97 Å². The molecule has 7 nitrogen and oxygen atoms in total. The van der Waals surface area contributed by atoms with Crippen LogP contribution >= 0.6 is 23.2 Å². The number of carbonyl (C=O) groups is 2. The molecular formula is C38H52Cl2N2O5. The minimum Gasteiger partial charge on any atom is -0.458 e. The van der Waals surface area contributed by atoms with Crippen molar-refractivity contribution in [3.05, 3.63) is 65.3 Å². The van der Waals surface area contributed by atoms with Crippen LogP contribution in [0.5, 0.6) is 0 Å². The van der Waals surface area contributed by atoms with Crippen LogP contribution in [0.4, 0.5) is 5.69 Å². The molecule has 4 N–H and O–H groups in total. The van der Waals surface area contributed by atoms with Crippen molar-refractivity contribution in [2.75, 3.05) is 36.4 Å². The molecule has 7 atom stereocenters. The fourth-order valence-electron chi connectivity index (χ4n) is 9.83. The molecule has 0 saturated heterocycles. The standard InChI is InChI=1S/C38H52Cl2N2O5/c1-25-12-16-35(3)29(26(25)2)13-18-37(41)31-15-19-38(46,36(31,4)17-14-30(43)34(35)37)32(44)24-47-33(45)7-5-6-27-8-10-28(11-9-27)42(22-20-39)23-21-40/h8-12,16,30-31,34,43,46H,1,5-7,13-15,17-24,41H2,2-4H3/t30?,31-,34?,35?,36?,37?,38+/m0/s1. The number of Topliss-reactive ketones (excluding diaryl/α,β-unsaturated/α-hetero) is 1. The molecule has 0 aromatic heterocycles. The Morgan fingerprint density at radius 3 is 2.43 bits per heavy atom. The number of fused-ring (bicyclic) bond motifs is 5. The summed E-state index contributed by atoms with van der Waals surface area (Å²) in [4.78, 5) is 28.6. The number of rotatable bonds is 12. The fourth-order valence-corrected chi connectivity index (χ4v) is 10.2. The molecule has 0 aliphatic heterocycles. The summed E-state index contributed by atoms with van der Waals surface area (Å²) < 4.78 is 5.46. The second-order valence-corrected chi connectivity index (χ2v) is 15.5. The van der Waals surface area contributed by atoms with E-state index in [1.165, 1.54) is 11.1 Å². The number of aliphatic hydroxyl groups is 2. The van der Waals surface area contributed by atoms with Crippen LogP contribution in [0.25, 0.3) is 0 Å². The van der Waals surface area contributed by atoms with Crippen LogP contribution in [0.1, 0.15) is 77.7 Å². The first-order valence-electron chi connectivity index (χ1n) is 17.2. The van der Waals surface area contributed by atoms with Gasteiger partial charge in [-0.25, -0.2) is 0 Å². The minimum atomic E-state index is -1.69. The number of nitrogens with two attached hydrogens (primary N) is 1. The first kappa shape index (κ1) is 36.1. The molecule has 0 radical (unpaired) electrons. The van der Waals surface area contributed by atoms with Gasteiger partial charge in [0.05, 0.1) is 6.10 Å². The Bertz CT molecular complexity index is 1420. The second-order valence-electron chi connectivity index (χ2n) is 14.8. The first-order valence-corrected chi connectivity index (χ1v) is 18.2. The van der Waals surface area contributed by atoms with Gasteiger partial charge in [-0.3, -0.25) is 9.59 Å². The second kappa shape index (κ2) is 14.0. The van der Waals surface area contributed by atoms with Crippen LogP contribution in [0.15, 0.2) is 59.7 Å². The molecule has 4 aliphatic carbocycles. The molecule has 1 aromatic rings. The summed E-state index contributed by atoms with van der Waals surface area (Å²) >= 11 is 11.9. The summed E-state index contributed by atoms with van der Waals surface area (Å²) in [6, 6.07) is 8.15. The number of hydrogen-bond acceptors (Lipinski definition) is 7. The predicted molar refractivity (Wildman–Crippen MR) is 189 cm³/mol. The highest BCUT2D eigenvalue weighted by Crippen LogP contribution is 2.66. The monoisotopic (exact) mass is 686 g/mol. The summed E-state index contributed by atoms with van der Waals surface area (Å²) in [5.74, 6) is -0.335. The highest BCUT2D eigenvalue weighted by atomic mass is 35.5. The Morgan fingerprint density at radius 1 is 1.09 bits per heavy atom. The van der Waals surface area contributed by atoms with Gasteiger partial charge in [-0.15, -0.1) is 23.2 Å². The predicted octanol–water partition coefficient (Wildman–Crippen LogP) is 6.26. The summed E-state index contributed by atoms with van der Waals surface area (Å²) in [6.45, 7) is 11.4. The van der Waals surface area contributed by atoms with Crippen molar-refractivity contribution in [1.29, 1.82) is 0 Å². The maximum Gasteiger partial charge on any atom is 0.306 e. The largest absolute Gasteiger partial charge is 0.458 e. The van der Waals surface area contributed by atoms with Gasteiger partial charge in [0.1, 0.15) is 5.60 Å². The van der Waals surface area contributed by atoms with Crippen LogP contribution in [-0.4, -0.2) is 70.7 Å². The van der Waals surface area contributed by atoms with Crippen molar-refractivity contribution in [1.82, 2.24) is 0 Å². The molecule has 3 saturated carbocycles. The van der Waals surface area contributed by atoms with E-state index in [2.05, 4.69) is 31.4 Å². The average molecular weight is 688 g/mol. The van der Waals surface area contributed by atoms with E-state index in [0.29, 0.717) is 63.4 Å². The molecular weight excluding hydrogens is 635 g/mol. The molecule has 5 rings (SSSR count). The first-order chi connectivity index (χ1) is 22.2. The van der Waals surface area contributed by atoms with Crippen molar-refractivity contribution in [2.45, 2.75) is 95.8 Å². The smallest absolute Gasteiger partial charge is 0.306 e. The summed E-state index contributed by atoms with van der Waals surface area (Å²) in [6.07, 6.45) is 8.15. The van der Waals surface area contributed by atoms with Gasteiger partial charge in [-0.05, 0) is 93.1 Å². The summed E-state index contributed by atoms with van der Waals surface area (Å²) in [5.41, 5.74) is 9.27. The lowest BCUT2D eigenvalue weighted by Crippen LogP contribution is -2.66. The molecule has 1 aromatic carbocycles. The van der Waals surface area contributed by atoms with Crippen molar-refractivity contribution in [3.8, 4) is 0 Å². The van der Waals surface area contributed by atoms with E-state index in [1.54, 1.807) is 0 Å². The average Bonchev–Trinajstić information content (AvgIpc) is 3.27. The number of nitrogens with zero attached hydrogens (tertiary/aromatic N) is 1. The van der Waals surface area contributed by atoms with E-state index in [9.17, 15) is 19.8 Å². The number of halogens is 2. The molecule has 4 aliphatic rings. The number of ketones is 1. The van der Waals surface area contributed by atoms with Crippen molar-refractivity contribution in [3.63, 3.8) is 0 Å². The van der Waals surface area contributed by atoms with Gasteiger partial charge in [0, 0.05) is 59.2 Å². The number of aryl methyl sites for hydroxylation is 1. The molecule has 5 unspecified atom stereocenters. The van der Waals surface area contributed by atoms with E-state index < -0.39 is 46.4 Å². The Kier molecular flexibility index (Phi) is 10.8. The Hall–Kier alpha value is -2.16. The quantitative estimate of drug-likeness (QED) is 0.176. The summed E-state index contributed by atoms with van der Waals surface area (Å²) in [5, 5.41) is 23.8. The number of benzene rings is 1.